The number of carbonyl (C=O) groups excluding carboxylic acids is 1. The van der Waals surface area contributed by atoms with Gasteiger partial charge in [0.2, 0.25) is 6.17 Å². The monoisotopic (exact) mass is 261 g/mol. The Morgan fingerprint density at radius 2 is 2.29 bits per heavy atom. The molecule has 1 aromatic carbocycles. The van der Waals surface area contributed by atoms with Crippen molar-refractivity contribution in [3.05, 3.63) is 28.8 Å². The highest BCUT2D eigenvalue weighted by Gasteiger charge is 2.29. The highest BCUT2D eigenvalue weighted by molar-refractivity contribution is 6.30. The first-order chi connectivity index (χ1) is 7.97. The van der Waals surface area contributed by atoms with Gasteiger partial charge >= 0.3 is 5.97 Å². The Hall–Kier alpha value is -1.33. The summed E-state index contributed by atoms with van der Waals surface area (Å²) in [6.07, 6.45) is -2.04. The summed E-state index contributed by atoms with van der Waals surface area (Å²) in [4.78, 5) is 11.2. The maximum atomic E-state index is 13.6. The van der Waals surface area contributed by atoms with Crippen LogP contribution in [0.1, 0.15) is 18.5 Å². The van der Waals surface area contributed by atoms with Gasteiger partial charge in [0.05, 0.1) is 12.6 Å². The average Bonchev–Trinajstić information content (AvgIpc) is 2.30. The van der Waals surface area contributed by atoms with Gasteiger partial charge in [0, 0.05) is 10.6 Å². The largest absolute Gasteiger partial charge is 0.508 e. The Bertz CT molecular complexity index is 414. The average molecular weight is 262 g/mol. The Morgan fingerprint density at radius 3 is 2.88 bits per heavy atom. The van der Waals surface area contributed by atoms with E-state index in [1.165, 1.54) is 18.2 Å². The lowest BCUT2D eigenvalue weighted by atomic mass is 10.0. The van der Waals surface area contributed by atoms with Crippen LogP contribution >= 0.6 is 11.6 Å². The van der Waals surface area contributed by atoms with Crippen molar-refractivity contribution >= 4 is 17.6 Å². The number of ether oxygens (including phenoxy) is 1. The number of nitrogens with two attached hydrogens (primary N) is 1. The number of carbonyl (C=O) groups is 1. The third-order valence-corrected chi connectivity index (χ3v) is 2.41. The molecule has 1 unspecified atom stereocenters. The van der Waals surface area contributed by atoms with E-state index in [9.17, 15) is 14.3 Å². The quantitative estimate of drug-likeness (QED) is 0.813. The second-order valence-electron chi connectivity index (χ2n) is 3.38. The summed E-state index contributed by atoms with van der Waals surface area (Å²) < 4.78 is 18.1. The van der Waals surface area contributed by atoms with Gasteiger partial charge in [-0.15, -0.1) is 0 Å². The number of benzene rings is 1. The van der Waals surface area contributed by atoms with E-state index in [0.717, 1.165) is 0 Å². The van der Waals surface area contributed by atoms with Crippen LogP contribution in [0.3, 0.4) is 0 Å². The number of aromatic hydroxyl groups is 1. The van der Waals surface area contributed by atoms with Gasteiger partial charge in [0.25, 0.3) is 0 Å². The maximum absolute atomic E-state index is 13.6. The standard InChI is InChI=1S/C11H13ClFNO3/c1-2-17-11(16)9(13)10(14)7-5-6(12)3-4-8(7)15/h3-5,9-10,15H,2,14H2,1H3/t9?,10-/m0/s1. The summed E-state index contributed by atoms with van der Waals surface area (Å²) >= 11 is 5.70. The van der Waals surface area contributed by atoms with Crippen molar-refractivity contribution in [3.8, 4) is 5.75 Å². The van der Waals surface area contributed by atoms with Crippen molar-refractivity contribution in [2.24, 2.45) is 5.73 Å². The lowest BCUT2D eigenvalue weighted by molar-refractivity contribution is -0.149. The van der Waals surface area contributed by atoms with Gasteiger partial charge in [-0.1, -0.05) is 11.6 Å². The van der Waals surface area contributed by atoms with Crippen LogP contribution in [-0.4, -0.2) is 23.9 Å². The molecule has 0 aliphatic carbocycles. The predicted octanol–water partition coefficient (Wildman–Crippen LogP) is 1.95. The molecule has 0 radical (unpaired) electrons. The number of alkyl halides is 1. The zero-order valence-electron chi connectivity index (χ0n) is 9.19. The number of phenolic OH excluding ortho intramolecular Hbond substituents is 1. The van der Waals surface area contributed by atoms with E-state index < -0.39 is 18.2 Å². The molecule has 1 aromatic rings. The summed E-state index contributed by atoms with van der Waals surface area (Å²) in [6, 6.07) is 2.72. The Labute approximate surface area is 103 Å². The first-order valence-electron chi connectivity index (χ1n) is 5.02. The van der Waals surface area contributed by atoms with Crippen molar-refractivity contribution in [1.29, 1.82) is 0 Å². The number of hydrogen-bond acceptors (Lipinski definition) is 4. The van der Waals surface area contributed by atoms with E-state index in [-0.39, 0.29) is 17.9 Å². The number of phenols is 1. The molecule has 0 spiro atoms. The van der Waals surface area contributed by atoms with Gasteiger partial charge in [-0.2, -0.15) is 0 Å². The van der Waals surface area contributed by atoms with E-state index in [1.54, 1.807) is 6.92 Å². The molecule has 1 rings (SSSR count). The van der Waals surface area contributed by atoms with E-state index in [1.807, 2.05) is 0 Å². The minimum absolute atomic E-state index is 0.0630. The second kappa shape index (κ2) is 5.84. The van der Waals surface area contributed by atoms with Crippen LogP contribution in [0.2, 0.25) is 5.02 Å². The van der Waals surface area contributed by atoms with Crippen molar-refractivity contribution in [1.82, 2.24) is 0 Å². The van der Waals surface area contributed by atoms with E-state index in [4.69, 9.17) is 17.3 Å². The number of esters is 1. The van der Waals surface area contributed by atoms with Crippen LogP contribution in [0.4, 0.5) is 4.39 Å². The molecule has 0 saturated heterocycles. The van der Waals surface area contributed by atoms with Crippen molar-refractivity contribution in [2.75, 3.05) is 6.61 Å². The summed E-state index contributed by atoms with van der Waals surface area (Å²) in [6.45, 7) is 1.63. The van der Waals surface area contributed by atoms with Gasteiger partial charge in [0.1, 0.15) is 5.75 Å². The lowest BCUT2D eigenvalue weighted by Gasteiger charge is -2.17. The molecule has 3 N–H and O–H groups in total. The fourth-order valence-corrected chi connectivity index (χ4v) is 1.50. The fraction of sp³-hybridized carbons (Fsp3) is 0.364. The molecular formula is C11H13ClFNO3. The van der Waals surface area contributed by atoms with Crippen LogP contribution in [0.5, 0.6) is 5.75 Å². The maximum Gasteiger partial charge on any atom is 0.342 e. The van der Waals surface area contributed by atoms with Crippen molar-refractivity contribution in [3.63, 3.8) is 0 Å². The van der Waals surface area contributed by atoms with Crippen LogP contribution in [0.15, 0.2) is 18.2 Å². The Kier molecular flexibility index (Phi) is 4.72. The van der Waals surface area contributed by atoms with Gasteiger partial charge in [-0.05, 0) is 25.1 Å². The summed E-state index contributed by atoms with van der Waals surface area (Å²) in [7, 11) is 0. The minimum atomic E-state index is -2.04. The summed E-state index contributed by atoms with van der Waals surface area (Å²) in [5.74, 6) is -1.27. The van der Waals surface area contributed by atoms with E-state index in [2.05, 4.69) is 4.74 Å². The van der Waals surface area contributed by atoms with Gasteiger partial charge in [-0.25, -0.2) is 9.18 Å². The van der Waals surface area contributed by atoms with Crippen LogP contribution < -0.4 is 5.73 Å². The molecule has 6 heteroatoms. The molecule has 17 heavy (non-hydrogen) atoms. The third kappa shape index (κ3) is 3.31. The third-order valence-electron chi connectivity index (χ3n) is 2.18. The molecular weight excluding hydrogens is 249 g/mol. The summed E-state index contributed by atoms with van der Waals surface area (Å²) in [5, 5.41) is 9.80. The Balaban J connectivity index is 2.91. The van der Waals surface area contributed by atoms with Crippen LogP contribution in [-0.2, 0) is 9.53 Å². The molecule has 94 valence electrons. The zero-order valence-corrected chi connectivity index (χ0v) is 9.95. The Morgan fingerprint density at radius 1 is 1.65 bits per heavy atom. The highest BCUT2D eigenvalue weighted by atomic mass is 35.5. The molecule has 0 bridgehead atoms. The predicted molar refractivity (Wildman–Crippen MR) is 61.6 cm³/mol. The molecule has 2 atom stereocenters. The molecule has 0 aliphatic rings. The smallest absolute Gasteiger partial charge is 0.342 e. The number of halogens is 2. The van der Waals surface area contributed by atoms with Gasteiger partial charge in [0.15, 0.2) is 0 Å². The highest BCUT2D eigenvalue weighted by Crippen LogP contribution is 2.29. The number of rotatable bonds is 4. The zero-order chi connectivity index (χ0) is 13.0. The molecule has 0 aliphatic heterocycles. The second-order valence-corrected chi connectivity index (χ2v) is 3.82. The number of hydrogen-bond donors (Lipinski definition) is 2. The molecule has 0 heterocycles. The van der Waals surface area contributed by atoms with Crippen molar-refractivity contribution in [2.45, 2.75) is 19.1 Å². The SMILES string of the molecule is CCOC(=O)C(F)[C@@H](N)c1cc(Cl)ccc1O. The molecule has 4 nitrogen and oxygen atoms in total. The lowest BCUT2D eigenvalue weighted by Crippen LogP contribution is -2.31. The summed E-state index contributed by atoms with van der Waals surface area (Å²) in [5.41, 5.74) is 5.61. The molecule has 0 fully saturated rings. The first kappa shape index (κ1) is 13.7. The van der Waals surface area contributed by atoms with Crippen LogP contribution in [0, 0.1) is 0 Å². The normalized spacial score (nSPS) is 14.1. The topological polar surface area (TPSA) is 72.5 Å². The van der Waals surface area contributed by atoms with Gasteiger partial charge in [-0.3, -0.25) is 0 Å². The molecule has 0 saturated carbocycles. The van der Waals surface area contributed by atoms with E-state index >= 15 is 0 Å². The minimum Gasteiger partial charge on any atom is -0.508 e. The van der Waals surface area contributed by atoms with Crippen molar-refractivity contribution < 1.29 is 19.0 Å². The van der Waals surface area contributed by atoms with Gasteiger partial charge < -0.3 is 15.6 Å². The first-order valence-corrected chi connectivity index (χ1v) is 5.39. The fourth-order valence-electron chi connectivity index (χ4n) is 1.32. The molecule has 0 amide bonds. The molecule has 0 aromatic heterocycles. The van der Waals surface area contributed by atoms with Crippen LogP contribution in [0.25, 0.3) is 0 Å². The van der Waals surface area contributed by atoms with E-state index in [0.29, 0.717) is 5.02 Å².